The topological polar surface area (TPSA) is 99.8 Å². The van der Waals surface area contributed by atoms with Gasteiger partial charge in [-0.1, -0.05) is 6.92 Å². The third-order valence-electron chi connectivity index (χ3n) is 4.20. The smallest absolute Gasteiger partial charge is 0.321 e. The minimum absolute atomic E-state index is 0.0430. The molecule has 0 bridgehead atoms. The number of urea groups is 1. The van der Waals surface area contributed by atoms with E-state index in [4.69, 9.17) is 4.74 Å². The number of likely N-dealkylation sites (N-methyl/N-ethyl adjacent to an activating group) is 1. The summed E-state index contributed by atoms with van der Waals surface area (Å²) in [5.41, 5.74) is 0.646. The first-order valence-corrected chi connectivity index (χ1v) is 8.72. The molecule has 0 saturated heterocycles. The number of carbonyl (C=O) groups is 3. The Morgan fingerprint density at radius 3 is 2.42 bits per heavy atom. The minimum atomic E-state index is -0.605. The first-order valence-electron chi connectivity index (χ1n) is 8.72. The van der Waals surface area contributed by atoms with Crippen molar-refractivity contribution in [3.8, 4) is 5.75 Å². The van der Waals surface area contributed by atoms with Gasteiger partial charge in [-0.05, 0) is 50.6 Å². The molecular weight excluding hydrogens is 336 g/mol. The largest absolute Gasteiger partial charge is 0.497 e. The van der Waals surface area contributed by atoms with Gasteiger partial charge >= 0.3 is 6.03 Å². The minimum Gasteiger partial charge on any atom is -0.497 e. The zero-order valence-electron chi connectivity index (χ0n) is 15.4. The van der Waals surface area contributed by atoms with Crippen molar-refractivity contribution >= 4 is 23.5 Å². The zero-order chi connectivity index (χ0) is 19.1. The van der Waals surface area contributed by atoms with E-state index in [1.54, 1.807) is 43.2 Å². The lowest BCUT2D eigenvalue weighted by Crippen LogP contribution is -2.51. The van der Waals surface area contributed by atoms with Crippen molar-refractivity contribution in [3.63, 3.8) is 0 Å². The summed E-state index contributed by atoms with van der Waals surface area (Å²) in [7, 11) is 1.57. The number of imide groups is 1. The summed E-state index contributed by atoms with van der Waals surface area (Å²) in [6, 6.07) is 6.07. The molecule has 3 N–H and O–H groups in total. The Morgan fingerprint density at radius 2 is 1.88 bits per heavy atom. The normalized spacial score (nSPS) is 14.5. The van der Waals surface area contributed by atoms with Crippen LogP contribution in [0.15, 0.2) is 24.3 Å². The van der Waals surface area contributed by atoms with E-state index in [9.17, 15) is 14.4 Å². The van der Waals surface area contributed by atoms with E-state index in [-0.39, 0.29) is 18.5 Å². The summed E-state index contributed by atoms with van der Waals surface area (Å²) in [5, 5.41) is 7.81. The third-order valence-corrected chi connectivity index (χ3v) is 4.20. The van der Waals surface area contributed by atoms with Crippen LogP contribution in [0, 0.1) is 0 Å². The van der Waals surface area contributed by atoms with Crippen LogP contribution in [0.2, 0.25) is 0 Å². The molecule has 0 aromatic heterocycles. The van der Waals surface area contributed by atoms with Gasteiger partial charge in [-0.3, -0.25) is 19.8 Å². The number of hydrogen-bond acceptors (Lipinski definition) is 5. The molecule has 2 rings (SSSR count). The van der Waals surface area contributed by atoms with Gasteiger partial charge in [0.1, 0.15) is 5.75 Å². The lowest BCUT2D eigenvalue weighted by atomic mass is 10.2. The number of ether oxygens (including phenoxy) is 1. The summed E-state index contributed by atoms with van der Waals surface area (Å²) in [6.07, 6.45) is 1.90. The summed E-state index contributed by atoms with van der Waals surface area (Å²) in [4.78, 5) is 37.8. The number of amides is 4. The first kappa shape index (κ1) is 19.7. The maximum Gasteiger partial charge on any atom is 0.321 e. The molecule has 0 spiro atoms. The number of nitrogens with one attached hydrogen (secondary N) is 3. The quantitative estimate of drug-likeness (QED) is 0.648. The Labute approximate surface area is 153 Å². The van der Waals surface area contributed by atoms with Crippen LogP contribution in [0.5, 0.6) is 5.75 Å². The molecule has 1 atom stereocenters. The summed E-state index contributed by atoms with van der Waals surface area (Å²) in [5.74, 6) is 0.0364. The predicted molar refractivity (Wildman–Crippen MR) is 98.0 cm³/mol. The lowest BCUT2D eigenvalue weighted by Gasteiger charge is -2.26. The molecule has 1 saturated carbocycles. The molecule has 1 aliphatic rings. The molecule has 0 heterocycles. The Balaban J connectivity index is 1.84. The van der Waals surface area contributed by atoms with Crippen LogP contribution in [0.25, 0.3) is 0 Å². The van der Waals surface area contributed by atoms with E-state index < -0.39 is 18.0 Å². The Kier molecular flexibility index (Phi) is 6.97. The van der Waals surface area contributed by atoms with Crippen molar-refractivity contribution in [3.05, 3.63) is 24.3 Å². The van der Waals surface area contributed by atoms with Gasteiger partial charge in [-0.25, -0.2) is 4.79 Å². The fraction of sp³-hybridized carbons (Fsp3) is 0.500. The number of rotatable bonds is 8. The predicted octanol–water partition coefficient (Wildman–Crippen LogP) is 1.33. The molecule has 1 aliphatic carbocycles. The van der Waals surface area contributed by atoms with Gasteiger partial charge in [0.05, 0.1) is 19.7 Å². The average Bonchev–Trinajstić information content (AvgIpc) is 3.43. The monoisotopic (exact) mass is 362 g/mol. The lowest BCUT2D eigenvalue weighted by molar-refractivity contribution is -0.126. The number of anilines is 1. The maximum atomic E-state index is 12.2. The molecule has 8 nitrogen and oxygen atoms in total. The average molecular weight is 362 g/mol. The number of methoxy groups -OCH3 is 1. The van der Waals surface area contributed by atoms with E-state index >= 15 is 0 Å². The van der Waals surface area contributed by atoms with Crippen LogP contribution < -0.4 is 20.7 Å². The van der Waals surface area contributed by atoms with Crippen LogP contribution in [0.3, 0.4) is 0 Å². The third kappa shape index (κ3) is 6.03. The molecule has 142 valence electrons. The highest BCUT2D eigenvalue weighted by Crippen LogP contribution is 2.18. The Hall–Kier alpha value is -2.61. The van der Waals surface area contributed by atoms with Gasteiger partial charge in [-0.15, -0.1) is 0 Å². The van der Waals surface area contributed by atoms with Crippen LogP contribution in [0.4, 0.5) is 10.5 Å². The summed E-state index contributed by atoms with van der Waals surface area (Å²) >= 11 is 0. The Morgan fingerprint density at radius 1 is 1.23 bits per heavy atom. The molecule has 0 aliphatic heterocycles. The van der Waals surface area contributed by atoms with E-state index in [1.165, 1.54) is 0 Å². The second-order valence-corrected chi connectivity index (χ2v) is 6.25. The van der Waals surface area contributed by atoms with Crippen molar-refractivity contribution in [1.82, 2.24) is 15.5 Å². The number of hydrogen-bond donors (Lipinski definition) is 3. The van der Waals surface area contributed by atoms with Crippen molar-refractivity contribution in [2.75, 3.05) is 25.5 Å². The number of benzene rings is 1. The van der Waals surface area contributed by atoms with Crippen LogP contribution >= 0.6 is 0 Å². The number of nitrogens with zero attached hydrogens (tertiary/aromatic N) is 1. The molecule has 1 aromatic rings. The molecule has 0 radical (unpaired) electrons. The van der Waals surface area contributed by atoms with Crippen molar-refractivity contribution < 1.29 is 19.1 Å². The second-order valence-electron chi connectivity index (χ2n) is 6.25. The molecule has 1 fully saturated rings. The van der Waals surface area contributed by atoms with Gasteiger partial charge in [0.2, 0.25) is 11.8 Å². The van der Waals surface area contributed by atoms with Gasteiger partial charge in [0.25, 0.3) is 0 Å². The SMILES string of the molecule is CCN(CC(=O)Nc1ccc(OC)cc1)C(C)C(=O)NC(=O)NC1CC1. The van der Waals surface area contributed by atoms with Crippen molar-refractivity contribution in [2.45, 2.75) is 38.8 Å². The highest BCUT2D eigenvalue weighted by molar-refractivity contribution is 5.97. The molecule has 4 amide bonds. The highest BCUT2D eigenvalue weighted by atomic mass is 16.5. The molecule has 26 heavy (non-hydrogen) atoms. The second kappa shape index (κ2) is 9.19. The van der Waals surface area contributed by atoms with Crippen LogP contribution in [-0.2, 0) is 9.59 Å². The zero-order valence-corrected chi connectivity index (χ0v) is 15.4. The van der Waals surface area contributed by atoms with Gasteiger partial charge in [0.15, 0.2) is 0 Å². The van der Waals surface area contributed by atoms with Crippen molar-refractivity contribution in [1.29, 1.82) is 0 Å². The molecule has 8 heteroatoms. The van der Waals surface area contributed by atoms with Gasteiger partial charge in [0, 0.05) is 11.7 Å². The van der Waals surface area contributed by atoms with E-state index in [0.717, 1.165) is 12.8 Å². The molecular formula is C18H26N4O4. The number of carbonyl (C=O) groups excluding carboxylic acids is 3. The Bertz CT molecular complexity index is 643. The summed E-state index contributed by atoms with van der Waals surface area (Å²) < 4.78 is 5.08. The van der Waals surface area contributed by atoms with Gasteiger partial charge < -0.3 is 15.4 Å². The molecule has 1 unspecified atom stereocenters. The van der Waals surface area contributed by atoms with Crippen LogP contribution in [-0.4, -0.2) is 55.0 Å². The van der Waals surface area contributed by atoms with E-state index in [2.05, 4.69) is 16.0 Å². The first-order chi connectivity index (χ1) is 12.4. The molecule has 1 aromatic carbocycles. The van der Waals surface area contributed by atoms with Crippen LogP contribution in [0.1, 0.15) is 26.7 Å². The fourth-order valence-corrected chi connectivity index (χ4v) is 2.41. The maximum absolute atomic E-state index is 12.2. The highest BCUT2D eigenvalue weighted by Gasteiger charge is 2.27. The van der Waals surface area contributed by atoms with E-state index in [0.29, 0.717) is 18.0 Å². The fourth-order valence-electron chi connectivity index (χ4n) is 2.41. The van der Waals surface area contributed by atoms with E-state index in [1.807, 2.05) is 6.92 Å². The standard InChI is InChI=1S/C18H26N4O4/c1-4-22(12(2)17(24)21-18(25)20-14-5-6-14)11-16(23)19-13-7-9-15(26-3)10-8-13/h7-10,12,14H,4-6,11H2,1-3H3,(H,19,23)(H2,20,21,24,25). The summed E-state index contributed by atoms with van der Waals surface area (Å²) in [6.45, 7) is 4.06. The van der Waals surface area contributed by atoms with Crippen molar-refractivity contribution in [2.24, 2.45) is 0 Å². The van der Waals surface area contributed by atoms with Gasteiger partial charge in [-0.2, -0.15) is 0 Å².